The van der Waals surface area contributed by atoms with Crippen molar-refractivity contribution in [3.05, 3.63) is 58.7 Å². The van der Waals surface area contributed by atoms with Gasteiger partial charge in [0.1, 0.15) is 11.5 Å². The summed E-state index contributed by atoms with van der Waals surface area (Å²) in [5, 5.41) is 4.47. The molecule has 5 heteroatoms. The summed E-state index contributed by atoms with van der Waals surface area (Å²) in [5.74, 6) is 1.49. The molecular formula is C29H40N2O3. The average molecular weight is 465 g/mol. The number of aryl methyl sites for hydroxylation is 2. The SMILES string of the molecule is CCCCCCCCCCOc1ccc(C(=O)N/N=C2\CCCc3cc(OC)c(C)cc32)cc1. The van der Waals surface area contributed by atoms with Crippen molar-refractivity contribution in [1.82, 2.24) is 5.43 Å². The zero-order valence-electron chi connectivity index (χ0n) is 21.1. The molecular weight excluding hydrogens is 424 g/mol. The number of unbranched alkanes of at least 4 members (excludes halogenated alkanes) is 7. The first-order valence-electron chi connectivity index (χ1n) is 12.9. The summed E-state index contributed by atoms with van der Waals surface area (Å²) >= 11 is 0. The Morgan fingerprint density at radius 3 is 2.38 bits per heavy atom. The fourth-order valence-electron chi connectivity index (χ4n) is 4.43. The van der Waals surface area contributed by atoms with Gasteiger partial charge in [-0.05, 0) is 80.1 Å². The first-order valence-corrected chi connectivity index (χ1v) is 12.9. The van der Waals surface area contributed by atoms with Crippen LogP contribution < -0.4 is 14.9 Å². The Morgan fingerprint density at radius 2 is 1.68 bits per heavy atom. The van der Waals surface area contributed by atoms with Crippen molar-refractivity contribution in [2.45, 2.75) is 84.5 Å². The average Bonchev–Trinajstić information content (AvgIpc) is 2.86. The zero-order valence-corrected chi connectivity index (χ0v) is 21.1. The van der Waals surface area contributed by atoms with Crippen LogP contribution in [0, 0.1) is 6.92 Å². The molecule has 0 heterocycles. The third-order valence-electron chi connectivity index (χ3n) is 6.47. The van der Waals surface area contributed by atoms with Crippen LogP contribution in [0.15, 0.2) is 41.5 Å². The summed E-state index contributed by atoms with van der Waals surface area (Å²) in [4.78, 5) is 12.6. The second-order valence-electron chi connectivity index (χ2n) is 9.18. The number of fused-ring (bicyclic) bond motifs is 1. The van der Waals surface area contributed by atoms with Crippen LogP contribution in [0.3, 0.4) is 0 Å². The number of ether oxygens (including phenoxy) is 2. The normalized spacial score (nSPS) is 14.0. The van der Waals surface area contributed by atoms with Gasteiger partial charge in [-0.15, -0.1) is 0 Å². The van der Waals surface area contributed by atoms with Gasteiger partial charge in [0.25, 0.3) is 5.91 Å². The Bertz CT molecular complexity index is 951. The van der Waals surface area contributed by atoms with Gasteiger partial charge in [-0.3, -0.25) is 4.79 Å². The maximum atomic E-state index is 12.6. The van der Waals surface area contributed by atoms with E-state index in [1.807, 2.05) is 19.1 Å². The van der Waals surface area contributed by atoms with Crippen molar-refractivity contribution in [2.75, 3.05) is 13.7 Å². The highest BCUT2D eigenvalue weighted by Gasteiger charge is 2.18. The fourth-order valence-corrected chi connectivity index (χ4v) is 4.43. The van der Waals surface area contributed by atoms with Gasteiger partial charge in [0.2, 0.25) is 0 Å². The lowest BCUT2D eigenvalue weighted by Gasteiger charge is -2.20. The third-order valence-corrected chi connectivity index (χ3v) is 6.47. The molecule has 184 valence electrons. The number of benzene rings is 2. The number of hydrogen-bond acceptors (Lipinski definition) is 4. The number of amides is 1. The lowest BCUT2D eigenvalue weighted by Crippen LogP contribution is -2.22. The van der Waals surface area contributed by atoms with Crippen LogP contribution in [0.25, 0.3) is 0 Å². The summed E-state index contributed by atoms with van der Waals surface area (Å²) in [5.41, 5.74) is 7.64. The number of hydrogen-bond donors (Lipinski definition) is 1. The van der Waals surface area contributed by atoms with Crippen molar-refractivity contribution in [3.8, 4) is 11.5 Å². The molecule has 2 aromatic rings. The zero-order chi connectivity index (χ0) is 24.2. The van der Waals surface area contributed by atoms with E-state index < -0.39 is 0 Å². The van der Waals surface area contributed by atoms with Gasteiger partial charge in [-0.1, -0.05) is 51.9 Å². The molecule has 0 atom stereocenters. The second kappa shape index (κ2) is 13.8. The molecule has 2 aromatic carbocycles. The highest BCUT2D eigenvalue weighted by molar-refractivity contribution is 6.04. The van der Waals surface area contributed by atoms with Crippen LogP contribution in [0.5, 0.6) is 11.5 Å². The van der Waals surface area contributed by atoms with Gasteiger partial charge in [0.15, 0.2) is 0 Å². The molecule has 0 aliphatic heterocycles. The molecule has 34 heavy (non-hydrogen) atoms. The minimum atomic E-state index is -0.209. The van der Waals surface area contributed by atoms with Gasteiger partial charge >= 0.3 is 0 Å². The molecule has 0 unspecified atom stereocenters. The number of methoxy groups -OCH3 is 1. The summed E-state index contributed by atoms with van der Waals surface area (Å²) in [6.45, 7) is 5.00. The van der Waals surface area contributed by atoms with Crippen molar-refractivity contribution >= 4 is 11.6 Å². The van der Waals surface area contributed by atoms with E-state index in [9.17, 15) is 4.79 Å². The molecule has 0 saturated carbocycles. The van der Waals surface area contributed by atoms with Crippen LogP contribution in [0.1, 0.15) is 98.2 Å². The molecule has 1 aliphatic carbocycles. The van der Waals surface area contributed by atoms with Gasteiger partial charge in [0.05, 0.1) is 19.4 Å². The summed E-state index contributed by atoms with van der Waals surface area (Å²) < 4.78 is 11.3. The number of nitrogens with zero attached hydrogens (tertiary/aromatic N) is 1. The number of rotatable bonds is 13. The molecule has 5 nitrogen and oxygen atoms in total. The highest BCUT2D eigenvalue weighted by Crippen LogP contribution is 2.29. The lowest BCUT2D eigenvalue weighted by molar-refractivity contribution is 0.0954. The fraction of sp³-hybridized carbons (Fsp3) is 0.517. The number of carbonyl (C=O) groups is 1. The quantitative estimate of drug-likeness (QED) is 0.257. The van der Waals surface area contributed by atoms with Gasteiger partial charge < -0.3 is 9.47 Å². The molecule has 1 aliphatic rings. The Kier molecular flexibility index (Phi) is 10.5. The van der Waals surface area contributed by atoms with Crippen LogP contribution in [0.4, 0.5) is 0 Å². The van der Waals surface area contributed by atoms with E-state index in [4.69, 9.17) is 9.47 Å². The van der Waals surface area contributed by atoms with Crippen molar-refractivity contribution in [1.29, 1.82) is 0 Å². The third kappa shape index (κ3) is 7.61. The molecule has 0 radical (unpaired) electrons. The standard InChI is InChI=1S/C29H40N2O3/c1-4-5-6-7-8-9-10-11-19-34-25-17-15-23(16-18-25)29(32)31-30-27-14-12-13-24-21-28(33-3)22(2)20-26(24)27/h15-18,20-21H,4-14,19H2,1-3H3,(H,31,32)/b30-27+. The number of hydrazone groups is 1. The molecule has 1 amide bonds. The summed E-state index contributed by atoms with van der Waals surface area (Å²) in [6.07, 6.45) is 13.1. The van der Waals surface area contributed by atoms with E-state index >= 15 is 0 Å². The monoisotopic (exact) mass is 464 g/mol. The van der Waals surface area contributed by atoms with Crippen molar-refractivity contribution in [3.63, 3.8) is 0 Å². The maximum Gasteiger partial charge on any atom is 0.271 e. The highest BCUT2D eigenvalue weighted by atomic mass is 16.5. The van der Waals surface area contributed by atoms with Crippen LogP contribution in [0.2, 0.25) is 0 Å². The second-order valence-corrected chi connectivity index (χ2v) is 9.18. The van der Waals surface area contributed by atoms with Gasteiger partial charge in [-0.2, -0.15) is 5.10 Å². The van der Waals surface area contributed by atoms with E-state index in [-0.39, 0.29) is 5.91 Å². The van der Waals surface area contributed by atoms with Crippen molar-refractivity contribution < 1.29 is 14.3 Å². The summed E-state index contributed by atoms with van der Waals surface area (Å²) in [6, 6.07) is 11.5. The molecule has 0 bridgehead atoms. The van der Waals surface area contributed by atoms with E-state index in [1.165, 1.54) is 50.5 Å². The van der Waals surface area contributed by atoms with Crippen LogP contribution >= 0.6 is 0 Å². The van der Waals surface area contributed by atoms with E-state index in [2.05, 4.69) is 29.6 Å². The van der Waals surface area contributed by atoms with Crippen LogP contribution in [-0.4, -0.2) is 25.3 Å². The maximum absolute atomic E-state index is 12.6. The predicted molar refractivity (Wildman–Crippen MR) is 139 cm³/mol. The molecule has 0 spiro atoms. The molecule has 1 N–H and O–H groups in total. The van der Waals surface area contributed by atoms with Crippen molar-refractivity contribution in [2.24, 2.45) is 5.10 Å². The summed E-state index contributed by atoms with van der Waals surface area (Å²) in [7, 11) is 1.69. The lowest BCUT2D eigenvalue weighted by atomic mass is 9.88. The molecule has 0 aromatic heterocycles. The smallest absolute Gasteiger partial charge is 0.271 e. The molecule has 3 rings (SSSR count). The molecule has 0 fully saturated rings. The number of nitrogens with one attached hydrogen (secondary N) is 1. The van der Waals surface area contributed by atoms with E-state index in [1.54, 1.807) is 19.2 Å². The Hall–Kier alpha value is -2.82. The van der Waals surface area contributed by atoms with Gasteiger partial charge in [-0.25, -0.2) is 5.43 Å². The Morgan fingerprint density at radius 1 is 0.971 bits per heavy atom. The van der Waals surface area contributed by atoms with Crippen LogP contribution in [-0.2, 0) is 6.42 Å². The van der Waals surface area contributed by atoms with E-state index in [0.29, 0.717) is 5.56 Å². The first-order chi connectivity index (χ1) is 16.6. The Balaban J connectivity index is 1.45. The molecule has 0 saturated heterocycles. The number of carbonyl (C=O) groups excluding carboxylic acids is 1. The predicted octanol–water partition coefficient (Wildman–Crippen LogP) is 6.99. The topological polar surface area (TPSA) is 59.9 Å². The Labute approximate surface area is 204 Å². The first kappa shape index (κ1) is 25.8. The van der Waals surface area contributed by atoms with Gasteiger partial charge in [0, 0.05) is 11.1 Å². The minimum Gasteiger partial charge on any atom is -0.496 e. The minimum absolute atomic E-state index is 0.209. The largest absolute Gasteiger partial charge is 0.496 e. The van der Waals surface area contributed by atoms with E-state index in [0.717, 1.165) is 60.6 Å².